The van der Waals surface area contributed by atoms with E-state index in [0.29, 0.717) is 0 Å². The number of nitrogens with two attached hydrogens (primary N) is 2. The second-order valence-corrected chi connectivity index (χ2v) is 6.53. The van der Waals surface area contributed by atoms with Crippen LogP contribution in [0.25, 0.3) is 0 Å². The van der Waals surface area contributed by atoms with E-state index in [-0.39, 0.29) is 24.3 Å². The van der Waals surface area contributed by atoms with Gasteiger partial charge in [0.1, 0.15) is 25.2 Å². The van der Waals surface area contributed by atoms with Crippen LogP contribution in [0.4, 0.5) is 0 Å². The first-order valence-corrected chi connectivity index (χ1v) is 9.86. The normalized spacial score (nSPS) is 12.8. The van der Waals surface area contributed by atoms with E-state index in [2.05, 4.69) is 41.2 Å². The van der Waals surface area contributed by atoms with Crippen LogP contribution in [-0.2, 0) is 28.8 Å². The van der Waals surface area contributed by atoms with E-state index in [1.165, 1.54) is 0 Å². The highest BCUT2D eigenvalue weighted by Crippen LogP contribution is 1.97. The fourth-order valence-corrected chi connectivity index (χ4v) is 1.96. The molecule has 178 valence electrons. The van der Waals surface area contributed by atoms with Crippen LogP contribution in [0.2, 0.25) is 0 Å². The van der Waals surface area contributed by atoms with Gasteiger partial charge in [-0.2, -0.15) is 25.3 Å². The SMILES string of the molecule is NC(CS)C(=O)NCC(=O)O.N[C@@H](CCC(=O)N[C@@H](CS)C(=O)NCC(=O)O)C(=O)O. The zero-order valence-corrected chi connectivity index (χ0v) is 18.1. The van der Waals surface area contributed by atoms with Crippen LogP contribution < -0.4 is 27.4 Å². The number of hydrogen-bond acceptors (Lipinski definition) is 10. The molecule has 0 saturated heterocycles. The summed E-state index contributed by atoms with van der Waals surface area (Å²) in [6.45, 7) is -0.969. The second-order valence-electron chi connectivity index (χ2n) is 5.80. The molecule has 0 bridgehead atoms. The maximum atomic E-state index is 11.5. The lowest BCUT2D eigenvalue weighted by Gasteiger charge is -2.16. The molecular weight excluding hydrogens is 458 g/mol. The Morgan fingerprint density at radius 3 is 1.65 bits per heavy atom. The number of amides is 3. The van der Waals surface area contributed by atoms with E-state index >= 15 is 0 Å². The minimum atomic E-state index is -1.22. The number of rotatable bonds is 13. The van der Waals surface area contributed by atoms with E-state index in [1.807, 2.05) is 0 Å². The molecule has 31 heavy (non-hydrogen) atoms. The topological polar surface area (TPSA) is 251 Å². The summed E-state index contributed by atoms with van der Waals surface area (Å²) in [7, 11) is 0. The molecule has 14 nitrogen and oxygen atoms in total. The van der Waals surface area contributed by atoms with Gasteiger partial charge >= 0.3 is 17.9 Å². The Kier molecular flexibility index (Phi) is 17.0. The van der Waals surface area contributed by atoms with Crippen LogP contribution in [0, 0.1) is 0 Å². The van der Waals surface area contributed by atoms with Gasteiger partial charge in [0.25, 0.3) is 0 Å². The van der Waals surface area contributed by atoms with Gasteiger partial charge in [0.05, 0.1) is 6.04 Å². The summed E-state index contributed by atoms with van der Waals surface area (Å²) in [6, 6.07) is -2.89. The van der Waals surface area contributed by atoms with Crippen LogP contribution in [0.1, 0.15) is 12.8 Å². The van der Waals surface area contributed by atoms with E-state index in [0.717, 1.165) is 0 Å². The first-order chi connectivity index (χ1) is 14.3. The van der Waals surface area contributed by atoms with Crippen molar-refractivity contribution in [1.29, 1.82) is 0 Å². The third-order valence-corrected chi connectivity index (χ3v) is 3.95. The molecule has 3 atom stereocenters. The largest absolute Gasteiger partial charge is 0.480 e. The zero-order valence-electron chi connectivity index (χ0n) is 16.3. The molecule has 0 aromatic heterocycles. The van der Waals surface area contributed by atoms with Crippen molar-refractivity contribution in [3.05, 3.63) is 0 Å². The third-order valence-electron chi connectivity index (χ3n) is 3.20. The van der Waals surface area contributed by atoms with Crippen LogP contribution >= 0.6 is 25.3 Å². The van der Waals surface area contributed by atoms with Crippen molar-refractivity contribution in [3.63, 3.8) is 0 Å². The van der Waals surface area contributed by atoms with Gasteiger partial charge in [0, 0.05) is 17.9 Å². The van der Waals surface area contributed by atoms with E-state index in [4.69, 9.17) is 26.8 Å². The summed E-state index contributed by atoms with van der Waals surface area (Å²) in [5.74, 6) is -5.09. The number of aliphatic carboxylic acids is 3. The average Bonchev–Trinajstić information content (AvgIpc) is 2.71. The molecule has 0 aliphatic carbocycles. The van der Waals surface area contributed by atoms with Crippen molar-refractivity contribution in [3.8, 4) is 0 Å². The summed E-state index contributed by atoms with van der Waals surface area (Å²) >= 11 is 7.64. The molecular formula is C15H27N5O9S2. The first kappa shape index (κ1) is 30.6. The molecule has 0 spiro atoms. The highest BCUT2D eigenvalue weighted by molar-refractivity contribution is 7.80. The van der Waals surface area contributed by atoms with E-state index < -0.39 is 66.8 Å². The van der Waals surface area contributed by atoms with Gasteiger partial charge < -0.3 is 42.7 Å². The van der Waals surface area contributed by atoms with Crippen LogP contribution in [-0.4, -0.2) is 93.7 Å². The highest BCUT2D eigenvalue weighted by atomic mass is 32.1. The summed E-state index contributed by atoms with van der Waals surface area (Å²) in [5, 5.41) is 31.6. The van der Waals surface area contributed by atoms with Crippen molar-refractivity contribution in [2.45, 2.75) is 31.0 Å². The quantitative estimate of drug-likeness (QED) is 0.113. The number of nitrogens with one attached hydrogen (secondary N) is 3. The molecule has 0 heterocycles. The Morgan fingerprint density at radius 2 is 1.26 bits per heavy atom. The van der Waals surface area contributed by atoms with Gasteiger partial charge in [-0.3, -0.25) is 28.8 Å². The van der Waals surface area contributed by atoms with Crippen LogP contribution in [0.3, 0.4) is 0 Å². The first-order valence-electron chi connectivity index (χ1n) is 8.59. The Labute approximate surface area is 188 Å². The Balaban J connectivity index is 0. The molecule has 0 aromatic rings. The Hall–Kier alpha value is -2.56. The monoisotopic (exact) mass is 485 g/mol. The van der Waals surface area contributed by atoms with Gasteiger partial charge in [-0.15, -0.1) is 0 Å². The smallest absolute Gasteiger partial charge is 0.322 e. The van der Waals surface area contributed by atoms with E-state index in [9.17, 15) is 28.8 Å². The highest BCUT2D eigenvalue weighted by Gasteiger charge is 2.21. The van der Waals surface area contributed by atoms with Crippen molar-refractivity contribution in [2.24, 2.45) is 11.5 Å². The van der Waals surface area contributed by atoms with Gasteiger partial charge in [0.15, 0.2) is 0 Å². The van der Waals surface area contributed by atoms with E-state index in [1.54, 1.807) is 0 Å². The number of thiol groups is 2. The van der Waals surface area contributed by atoms with Crippen molar-refractivity contribution >= 4 is 60.9 Å². The fraction of sp³-hybridized carbons (Fsp3) is 0.600. The lowest BCUT2D eigenvalue weighted by atomic mass is 10.1. The molecule has 0 rings (SSSR count). The summed E-state index contributed by atoms with van der Waals surface area (Å²) in [4.78, 5) is 64.4. The van der Waals surface area contributed by atoms with Crippen molar-refractivity contribution in [2.75, 3.05) is 24.6 Å². The second kappa shape index (κ2) is 17.2. The van der Waals surface area contributed by atoms with Crippen molar-refractivity contribution in [1.82, 2.24) is 16.0 Å². The van der Waals surface area contributed by atoms with Gasteiger partial charge in [-0.25, -0.2) is 0 Å². The molecule has 0 aromatic carbocycles. The average molecular weight is 486 g/mol. The zero-order chi connectivity index (χ0) is 24.6. The minimum Gasteiger partial charge on any atom is -0.480 e. The molecule has 0 fully saturated rings. The lowest BCUT2D eigenvalue weighted by Crippen LogP contribution is -2.49. The maximum Gasteiger partial charge on any atom is 0.322 e. The molecule has 10 N–H and O–H groups in total. The predicted molar refractivity (Wildman–Crippen MR) is 114 cm³/mol. The summed E-state index contributed by atoms with van der Waals surface area (Å²) in [6.07, 6.45) is -0.235. The Morgan fingerprint density at radius 1 is 0.774 bits per heavy atom. The standard InChI is InChI=1S/C10H17N3O6S.C5H10N2O3S/c11-5(10(18)19)1-2-7(14)13-6(4-20)9(17)12-3-8(15)16;6-3(2-11)5(10)7-1-4(8)9/h5-6,20H,1-4,11H2,(H,12,17)(H,13,14)(H,15,16)(H,18,19);3,11H,1-2,6H2,(H,7,10)(H,8,9)/t5-,6-;/m0./s1. The minimum absolute atomic E-state index is 0.0256. The van der Waals surface area contributed by atoms with Gasteiger partial charge in [-0.1, -0.05) is 0 Å². The number of carboxylic acids is 3. The number of carbonyl (C=O) groups excluding carboxylic acids is 3. The Bertz CT molecular complexity index is 650. The van der Waals surface area contributed by atoms with Crippen molar-refractivity contribution < 1.29 is 44.1 Å². The fourth-order valence-electron chi connectivity index (χ4n) is 1.53. The molecule has 3 amide bonds. The maximum absolute atomic E-state index is 11.5. The predicted octanol–water partition coefficient (Wildman–Crippen LogP) is -3.76. The molecule has 1 unspecified atom stereocenters. The van der Waals surface area contributed by atoms with Gasteiger partial charge in [-0.05, 0) is 6.42 Å². The molecule has 0 aliphatic heterocycles. The number of carbonyl (C=O) groups is 6. The molecule has 0 radical (unpaired) electrons. The summed E-state index contributed by atoms with van der Waals surface area (Å²) < 4.78 is 0. The van der Waals surface area contributed by atoms with Crippen LogP contribution in [0.5, 0.6) is 0 Å². The molecule has 0 aliphatic rings. The van der Waals surface area contributed by atoms with Crippen LogP contribution in [0.15, 0.2) is 0 Å². The molecule has 0 saturated carbocycles. The third kappa shape index (κ3) is 16.9. The van der Waals surface area contributed by atoms with Gasteiger partial charge in [0.2, 0.25) is 17.7 Å². The lowest BCUT2D eigenvalue weighted by molar-refractivity contribution is -0.139. The number of carboxylic acid groups (broad SMARTS) is 3. The number of hydrogen-bond donors (Lipinski definition) is 10. The summed E-state index contributed by atoms with van der Waals surface area (Å²) in [5.41, 5.74) is 10.5. The molecule has 16 heteroatoms.